The molecule has 0 fully saturated rings. The molecule has 0 saturated carbocycles. The molecular formula is C16H20N2OS. The Morgan fingerprint density at radius 1 is 1.40 bits per heavy atom. The number of hydrogen-bond donors (Lipinski definition) is 0. The van der Waals surface area contributed by atoms with E-state index < -0.39 is 0 Å². The monoisotopic (exact) mass is 288 g/mol. The van der Waals surface area contributed by atoms with Gasteiger partial charge in [-0.3, -0.25) is 0 Å². The third-order valence-electron chi connectivity index (χ3n) is 3.83. The highest BCUT2D eigenvalue weighted by molar-refractivity contribution is 7.99. The number of benzene rings is 1. The average Bonchev–Trinajstić information content (AvgIpc) is 2.97. The Hall–Kier alpha value is -1.29. The summed E-state index contributed by atoms with van der Waals surface area (Å²) in [6.45, 7) is 4.21. The first kappa shape index (κ1) is 13.7. The number of aryl methyl sites for hydroxylation is 2. The van der Waals surface area contributed by atoms with Crippen molar-refractivity contribution in [1.29, 1.82) is 0 Å². The number of rotatable bonds is 4. The zero-order valence-electron chi connectivity index (χ0n) is 12.0. The summed E-state index contributed by atoms with van der Waals surface area (Å²) in [4.78, 5) is 4.45. The summed E-state index contributed by atoms with van der Waals surface area (Å²) in [5, 5.41) is 4.79. The van der Waals surface area contributed by atoms with E-state index in [1.807, 2.05) is 18.7 Å². The van der Waals surface area contributed by atoms with E-state index in [4.69, 9.17) is 4.52 Å². The number of nitrogens with zero attached hydrogens (tertiary/aromatic N) is 2. The van der Waals surface area contributed by atoms with Crippen LogP contribution < -0.4 is 0 Å². The second-order valence-corrected chi connectivity index (χ2v) is 6.81. The van der Waals surface area contributed by atoms with Crippen LogP contribution in [-0.2, 0) is 12.8 Å². The van der Waals surface area contributed by atoms with Gasteiger partial charge in [0.1, 0.15) is 0 Å². The molecule has 1 heterocycles. The highest BCUT2D eigenvalue weighted by Crippen LogP contribution is 2.45. The van der Waals surface area contributed by atoms with E-state index in [0.717, 1.165) is 18.1 Å². The zero-order chi connectivity index (χ0) is 13.9. The lowest BCUT2D eigenvalue weighted by atomic mass is 9.91. The van der Waals surface area contributed by atoms with Crippen molar-refractivity contribution in [3.63, 3.8) is 0 Å². The van der Waals surface area contributed by atoms with Crippen LogP contribution in [0.4, 0.5) is 0 Å². The predicted octanol–water partition coefficient (Wildman–Crippen LogP) is 4.50. The lowest BCUT2D eigenvalue weighted by Crippen LogP contribution is -2.08. The van der Waals surface area contributed by atoms with Crippen molar-refractivity contribution in [2.45, 2.75) is 50.0 Å². The molecule has 0 spiro atoms. The molecule has 0 N–H and O–H groups in total. The quantitative estimate of drug-likeness (QED) is 0.830. The summed E-state index contributed by atoms with van der Waals surface area (Å²) in [5.41, 5.74) is 2.99. The van der Waals surface area contributed by atoms with Crippen LogP contribution in [0.1, 0.15) is 60.0 Å². The smallest absolute Gasteiger partial charge is 0.239 e. The summed E-state index contributed by atoms with van der Waals surface area (Å²) in [7, 11) is 0. The Morgan fingerprint density at radius 3 is 3.05 bits per heavy atom. The highest BCUT2D eigenvalue weighted by atomic mass is 32.2. The fraction of sp³-hybridized carbons (Fsp3) is 0.500. The molecule has 3 rings (SSSR count). The maximum Gasteiger partial charge on any atom is 0.239 e. The van der Waals surface area contributed by atoms with Crippen LogP contribution in [0.25, 0.3) is 0 Å². The minimum Gasteiger partial charge on any atom is -0.338 e. The van der Waals surface area contributed by atoms with E-state index >= 15 is 0 Å². The summed E-state index contributed by atoms with van der Waals surface area (Å²) in [6, 6.07) is 8.81. The first-order chi connectivity index (χ1) is 9.78. The third-order valence-corrected chi connectivity index (χ3v) is 5.26. The Balaban J connectivity index is 1.75. The van der Waals surface area contributed by atoms with Gasteiger partial charge in [-0.15, -0.1) is 11.8 Å². The van der Waals surface area contributed by atoms with Crippen LogP contribution in [0.3, 0.4) is 0 Å². The molecule has 20 heavy (non-hydrogen) atoms. The van der Waals surface area contributed by atoms with Crippen molar-refractivity contribution in [2.75, 3.05) is 0 Å². The standard InChI is InChI=1S/C16H20N2OS/c1-3-15-17-16(19-18-15)11(2)20-14-10-6-8-12-7-4-5-9-13(12)14/h4-5,7,9,11,14H,3,6,8,10H2,1-2H3. The second kappa shape index (κ2) is 6.00. The molecule has 2 unspecified atom stereocenters. The van der Waals surface area contributed by atoms with Gasteiger partial charge < -0.3 is 4.52 Å². The van der Waals surface area contributed by atoms with Gasteiger partial charge in [0.05, 0.1) is 5.25 Å². The second-order valence-electron chi connectivity index (χ2n) is 5.26. The van der Waals surface area contributed by atoms with Crippen LogP contribution in [0.5, 0.6) is 0 Å². The Morgan fingerprint density at radius 2 is 2.25 bits per heavy atom. The molecule has 2 atom stereocenters. The van der Waals surface area contributed by atoms with Crippen LogP contribution in [-0.4, -0.2) is 10.1 Å². The van der Waals surface area contributed by atoms with E-state index in [0.29, 0.717) is 5.25 Å². The first-order valence-electron chi connectivity index (χ1n) is 7.33. The molecule has 0 radical (unpaired) electrons. The van der Waals surface area contributed by atoms with Crippen molar-refractivity contribution < 1.29 is 4.52 Å². The summed E-state index contributed by atoms with van der Waals surface area (Å²) in [6.07, 6.45) is 4.54. The molecule has 3 nitrogen and oxygen atoms in total. The molecule has 2 aromatic rings. The van der Waals surface area contributed by atoms with Gasteiger partial charge in [0.15, 0.2) is 5.82 Å². The molecule has 1 aromatic heterocycles. The molecule has 4 heteroatoms. The molecule has 1 aromatic carbocycles. The largest absolute Gasteiger partial charge is 0.338 e. The van der Waals surface area contributed by atoms with Gasteiger partial charge in [0.25, 0.3) is 0 Å². The van der Waals surface area contributed by atoms with Gasteiger partial charge in [-0.1, -0.05) is 36.3 Å². The molecule has 106 valence electrons. The van der Waals surface area contributed by atoms with Crippen LogP contribution >= 0.6 is 11.8 Å². The van der Waals surface area contributed by atoms with Crippen molar-refractivity contribution in [3.8, 4) is 0 Å². The number of fused-ring (bicyclic) bond motifs is 1. The predicted molar refractivity (Wildman–Crippen MR) is 81.8 cm³/mol. The number of hydrogen-bond acceptors (Lipinski definition) is 4. The minimum absolute atomic E-state index is 0.249. The van der Waals surface area contributed by atoms with Crippen molar-refractivity contribution >= 4 is 11.8 Å². The number of aromatic nitrogens is 2. The van der Waals surface area contributed by atoms with E-state index in [2.05, 4.69) is 41.3 Å². The Kier molecular flexibility index (Phi) is 4.10. The Bertz CT molecular complexity index is 581. The first-order valence-corrected chi connectivity index (χ1v) is 8.28. The van der Waals surface area contributed by atoms with Crippen molar-refractivity contribution in [2.24, 2.45) is 0 Å². The Labute approximate surface area is 124 Å². The highest BCUT2D eigenvalue weighted by Gasteiger charge is 2.25. The molecular weight excluding hydrogens is 268 g/mol. The van der Waals surface area contributed by atoms with Crippen molar-refractivity contribution in [1.82, 2.24) is 10.1 Å². The van der Waals surface area contributed by atoms with Gasteiger partial charge in [-0.05, 0) is 37.3 Å². The maximum atomic E-state index is 5.36. The molecule has 0 aliphatic heterocycles. The average molecular weight is 288 g/mol. The van der Waals surface area contributed by atoms with Crippen LogP contribution in [0.15, 0.2) is 28.8 Å². The van der Waals surface area contributed by atoms with E-state index in [-0.39, 0.29) is 5.25 Å². The van der Waals surface area contributed by atoms with Gasteiger partial charge in [0, 0.05) is 11.7 Å². The normalized spacial score (nSPS) is 19.6. The lowest BCUT2D eigenvalue weighted by molar-refractivity contribution is 0.375. The van der Waals surface area contributed by atoms with E-state index in [9.17, 15) is 0 Å². The molecule has 0 bridgehead atoms. The van der Waals surface area contributed by atoms with Gasteiger partial charge >= 0.3 is 0 Å². The SMILES string of the molecule is CCc1noc(C(C)SC2CCCc3ccccc32)n1. The topological polar surface area (TPSA) is 38.9 Å². The molecule has 1 aliphatic carbocycles. The zero-order valence-corrected chi connectivity index (χ0v) is 12.8. The molecule has 0 amide bonds. The third kappa shape index (κ3) is 2.75. The minimum atomic E-state index is 0.249. The van der Waals surface area contributed by atoms with Gasteiger partial charge in [-0.25, -0.2) is 0 Å². The lowest BCUT2D eigenvalue weighted by Gasteiger charge is -2.26. The molecule has 0 saturated heterocycles. The molecule has 1 aliphatic rings. The number of thioether (sulfide) groups is 1. The van der Waals surface area contributed by atoms with Gasteiger partial charge in [0.2, 0.25) is 5.89 Å². The fourth-order valence-corrected chi connectivity index (χ4v) is 4.12. The van der Waals surface area contributed by atoms with Crippen molar-refractivity contribution in [3.05, 3.63) is 47.1 Å². The van der Waals surface area contributed by atoms with E-state index in [1.54, 1.807) is 0 Å². The maximum absolute atomic E-state index is 5.36. The summed E-state index contributed by atoms with van der Waals surface area (Å²) >= 11 is 1.94. The van der Waals surface area contributed by atoms with Gasteiger partial charge in [-0.2, -0.15) is 4.98 Å². The van der Waals surface area contributed by atoms with E-state index in [1.165, 1.54) is 30.4 Å². The fourth-order valence-electron chi connectivity index (χ4n) is 2.73. The summed E-state index contributed by atoms with van der Waals surface area (Å²) in [5.74, 6) is 1.56. The summed E-state index contributed by atoms with van der Waals surface area (Å²) < 4.78 is 5.36. The van der Waals surface area contributed by atoms with Crippen LogP contribution in [0.2, 0.25) is 0 Å². The van der Waals surface area contributed by atoms with Crippen LogP contribution in [0, 0.1) is 0 Å².